The number of likely N-dealkylation sites (tertiary alicyclic amines) is 2. The average Bonchev–Trinajstić information content (AvgIpc) is 3.92. The number of carbonyl (C=O) groups excluding carboxylic acids is 4. The van der Waals surface area contributed by atoms with Crippen LogP contribution in [-0.4, -0.2) is 97.7 Å². The third kappa shape index (κ3) is 9.81. The lowest BCUT2D eigenvalue weighted by Crippen LogP contribution is -2.51. The van der Waals surface area contributed by atoms with E-state index < -0.39 is 24.3 Å². The van der Waals surface area contributed by atoms with Crippen molar-refractivity contribution in [1.82, 2.24) is 44.9 Å². The summed E-state index contributed by atoms with van der Waals surface area (Å²) in [6.45, 7) is 8.79. The van der Waals surface area contributed by atoms with Crippen molar-refractivity contribution in [2.45, 2.75) is 96.3 Å². The van der Waals surface area contributed by atoms with Crippen LogP contribution in [0.2, 0.25) is 0 Å². The van der Waals surface area contributed by atoms with Gasteiger partial charge in [-0.25, -0.2) is 19.6 Å². The second-order valence-electron chi connectivity index (χ2n) is 19.0. The molecule has 16 heteroatoms. The number of aromatic amines is 2. The second-order valence-corrected chi connectivity index (χ2v) is 19.8. The Balaban J connectivity index is 0.963. The van der Waals surface area contributed by atoms with Crippen molar-refractivity contribution in [3.63, 3.8) is 0 Å². The Morgan fingerprint density at radius 3 is 1.62 bits per heavy atom. The quantitative estimate of drug-likeness (QED) is 0.0832. The molecule has 4 amide bonds. The molecular weight excluding hydrogens is 939 g/mol. The summed E-state index contributed by atoms with van der Waals surface area (Å²) in [5.41, 5.74) is 10.00. The highest BCUT2D eigenvalue weighted by molar-refractivity contribution is 9.10. The number of hydrogen-bond donors (Lipinski definition) is 4. The molecule has 3 aliphatic rings. The van der Waals surface area contributed by atoms with Crippen molar-refractivity contribution in [1.29, 1.82) is 0 Å². The summed E-state index contributed by atoms with van der Waals surface area (Å²) >= 11 is 3.73. The zero-order chi connectivity index (χ0) is 48.5. The maximum absolute atomic E-state index is 13.8. The van der Waals surface area contributed by atoms with E-state index in [2.05, 4.69) is 126 Å². The van der Waals surface area contributed by atoms with Crippen LogP contribution in [0.5, 0.6) is 0 Å². The van der Waals surface area contributed by atoms with Gasteiger partial charge in [-0.15, -0.1) is 0 Å². The highest BCUT2D eigenvalue weighted by atomic mass is 79.9. The summed E-state index contributed by atoms with van der Waals surface area (Å²) < 4.78 is 12.7. The molecule has 3 aromatic heterocycles. The molecule has 69 heavy (non-hydrogen) atoms. The number of carbonyl (C=O) groups is 4. The van der Waals surface area contributed by atoms with Crippen LogP contribution in [0.3, 0.4) is 0 Å². The van der Waals surface area contributed by atoms with E-state index >= 15 is 0 Å². The van der Waals surface area contributed by atoms with Crippen LogP contribution in [0.15, 0.2) is 95.7 Å². The van der Waals surface area contributed by atoms with Gasteiger partial charge in [0.2, 0.25) is 11.8 Å². The van der Waals surface area contributed by atoms with Gasteiger partial charge in [-0.05, 0) is 113 Å². The molecule has 5 heterocycles. The Morgan fingerprint density at radius 1 is 0.638 bits per heavy atom. The fourth-order valence-electron chi connectivity index (χ4n) is 9.85. The summed E-state index contributed by atoms with van der Waals surface area (Å²) in [4.78, 5) is 72.2. The lowest BCUT2D eigenvalue weighted by atomic mass is 10.0. The SMILES string of the molecule is COC(=O)N[C@H](C(=O)N1CCC[C@H]1c1nc(-c2ccc(-c3ccc(-c4ccc(-c5nc([C@@H]6CCCN6C(=O)[C@@H](NC(=O)OC)C(C)C)[nH]c5Br)cc4)n3-c3ccc(C4CC4)cc3)cc2)c[nH]1)C(C)C. The molecule has 2 saturated heterocycles. The third-order valence-corrected chi connectivity index (χ3v) is 14.3. The number of alkyl carbamates (subject to hydrolysis) is 2. The van der Waals surface area contributed by atoms with Crippen LogP contribution in [0.4, 0.5) is 9.59 Å². The normalized spacial score (nSPS) is 17.9. The van der Waals surface area contributed by atoms with Crippen molar-refractivity contribution in [3.05, 3.63) is 113 Å². The Morgan fingerprint density at radius 2 is 1.13 bits per heavy atom. The summed E-state index contributed by atoms with van der Waals surface area (Å²) in [5.74, 6) is 1.51. The number of imidazole rings is 2. The lowest BCUT2D eigenvalue weighted by Gasteiger charge is -2.29. The van der Waals surface area contributed by atoms with Gasteiger partial charge in [0.05, 0.1) is 43.4 Å². The van der Waals surface area contributed by atoms with Gasteiger partial charge in [-0.2, -0.15) is 0 Å². The van der Waals surface area contributed by atoms with Crippen LogP contribution < -0.4 is 10.6 Å². The maximum atomic E-state index is 13.8. The molecule has 0 unspecified atom stereocenters. The van der Waals surface area contributed by atoms with Crippen molar-refractivity contribution in [2.75, 3.05) is 27.3 Å². The third-order valence-electron chi connectivity index (χ3n) is 13.8. The van der Waals surface area contributed by atoms with Gasteiger partial charge in [0.1, 0.15) is 34.0 Å². The van der Waals surface area contributed by atoms with Crippen LogP contribution in [0, 0.1) is 11.8 Å². The molecule has 1 saturated carbocycles. The highest BCUT2D eigenvalue weighted by Crippen LogP contribution is 2.42. The first kappa shape index (κ1) is 47.4. The summed E-state index contributed by atoms with van der Waals surface area (Å²) in [7, 11) is 2.59. The molecule has 0 bridgehead atoms. The summed E-state index contributed by atoms with van der Waals surface area (Å²) in [6.07, 6.45) is 6.29. The smallest absolute Gasteiger partial charge is 0.407 e. The number of nitrogens with zero attached hydrogens (tertiary/aromatic N) is 5. The Bertz CT molecular complexity index is 2810. The van der Waals surface area contributed by atoms with Crippen molar-refractivity contribution >= 4 is 39.9 Å². The van der Waals surface area contributed by atoms with E-state index in [1.54, 1.807) is 0 Å². The van der Waals surface area contributed by atoms with Gasteiger partial charge in [-0.3, -0.25) is 9.59 Å². The molecule has 2 aliphatic heterocycles. The van der Waals surface area contributed by atoms with Crippen LogP contribution in [0.25, 0.3) is 50.7 Å². The number of ether oxygens (including phenoxy) is 2. The van der Waals surface area contributed by atoms with Crippen molar-refractivity contribution in [2.24, 2.45) is 11.8 Å². The first-order valence-corrected chi connectivity index (χ1v) is 24.8. The van der Waals surface area contributed by atoms with E-state index in [0.29, 0.717) is 24.8 Å². The second kappa shape index (κ2) is 20.1. The van der Waals surface area contributed by atoms with Crippen molar-refractivity contribution in [3.8, 4) is 50.7 Å². The number of methoxy groups -OCH3 is 2. The van der Waals surface area contributed by atoms with Gasteiger partial charge in [0.15, 0.2) is 0 Å². The fraction of sp³-hybridized carbons (Fsp3) is 0.396. The Kier molecular flexibility index (Phi) is 13.8. The van der Waals surface area contributed by atoms with Gasteiger partial charge in [-0.1, -0.05) is 88.4 Å². The molecular formula is C53H60BrN9O6. The zero-order valence-electron chi connectivity index (χ0n) is 39.9. The molecule has 15 nitrogen and oxygen atoms in total. The van der Waals surface area contributed by atoms with Crippen LogP contribution in [-0.2, 0) is 19.1 Å². The molecule has 9 rings (SSSR count). The maximum Gasteiger partial charge on any atom is 0.407 e. The topological polar surface area (TPSA) is 180 Å². The Labute approximate surface area is 410 Å². The molecule has 0 radical (unpaired) electrons. The molecule has 1 aliphatic carbocycles. The Hall–Kier alpha value is -6.68. The number of amides is 4. The number of aromatic nitrogens is 5. The molecule has 3 fully saturated rings. The standard InChI is InChI=1S/C53H60BrN9O6/c1-30(2)44(58-52(66)68-5)50(64)61-27-7-9-42(61)48-55-29-39(56-48)34-13-15-35(16-14-34)40-25-26-41(63(40)38-23-21-33(22-24-38)32-11-12-32)36-17-19-37(20-18-36)46-47(54)60-49(57-46)43-10-8-28-62(43)51(65)45(31(3)4)59-53(67)69-6/h13-26,29-32,42-45H,7-12,27-28H2,1-6H3,(H,55,56)(H,57,60)(H,58,66)(H,59,67)/t42-,43-,44-,45-/m0/s1. The van der Waals surface area contributed by atoms with E-state index in [0.717, 1.165) is 86.8 Å². The van der Waals surface area contributed by atoms with E-state index in [-0.39, 0.29) is 35.7 Å². The summed E-state index contributed by atoms with van der Waals surface area (Å²) in [5, 5.41) is 5.44. The van der Waals surface area contributed by atoms with E-state index in [1.807, 2.05) is 43.7 Å². The molecule has 3 aromatic carbocycles. The summed E-state index contributed by atoms with van der Waals surface area (Å²) in [6, 6.07) is 28.2. The predicted octanol–water partition coefficient (Wildman–Crippen LogP) is 10.3. The van der Waals surface area contributed by atoms with Crippen molar-refractivity contribution < 1.29 is 28.7 Å². The minimum Gasteiger partial charge on any atom is -0.453 e. The molecule has 4 atom stereocenters. The van der Waals surface area contributed by atoms with Gasteiger partial charge in [0, 0.05) is 36.1 Å². The number of halogens is 1. The monoisotopic (exact) mass is 997 g/mol. The van der Waals surface area contributed by atoms with Crippen LogP contribution >= 0.6 is 15.9 Å². The number of hydrogen-bond acceptors (Lipinski definition) is 8. The highest BCUT2D eigenvalue weighted by Gasteiger charge is 2.39. The number of benzene rings is 3. The molecule has 0 spiro atoms. The molecule has 360 valence electrons. The van der Waals surface area contributed by atoms with E-state index in [4.69, 9.17) is 19.4 Å². The van der Waals surface area contributed by atoms with Crippen LogP contribution in [0.1, 0.15) is 101 Å². The molecule has 4 N–H and O–H groups in total. The van der Waals surface area contributed by atoms with Gasteiger partial charge < -0.3 is 44.4 Å². The average molecular weight is 999 g/mol. The first-order valence-electron chi connectivity index (χ1n) is 24.0. The largest absolute Gasteiger partial charge is 0.453 e. The lowest BCUT2D eigenvalue weighted by molar-refractivity contribution is -0.136. The zero-order valence-corrected chi connectivity index (χ0v) is 41.5. The number of H-pyrrole nitrogens is 2. The van der Waals surface area contributed by atoms with E-state index in [9.17, 15) is 19.2 Å². The minimum absolute atomic E-state index is 0.118. The number of rotatable bonds is 14. The predicted molar refractivity (Wildman–Crippen MR) is 267 cm³/mol. The first-order chi connectivity index (χ1) is 33.3. The minimum atomic E-state index is -0.715. The number of nitrogens with one attached hydrogen (secondary N) is 4. The van der Waals surface area contributed by atoms with E-state index in [1.165, 1.54) is 32.6 Å². The van der Waals surface area contributed by atoms with Gasteiger partial charge in [0.25, 0.3) is 0 Å². The molecule has 6 aromatic rings. The fourth-order valence-corrected chi connectivity index (χ4v) is 10.4. The van der Waals surface area contributed by atoms with Gasteiger partial charge >= 0.3 is 12.2 Å².